The number of aryl methyl sites for hydroxylation is 2. The van der Waals surface area contributed by atoms with Crippen LogP contribution < -0.4 is 14.8 Å². The maximum atomic E-state index is 12.6. The molecule has 182 valence electrons. The van der Waals surface area contributed by atoms with Gasteiger partial charge in [-0.05, 0) is 68.7 Å². The molecule has 0 saturated heterocycles. The molecule has 0 bridgehead atoms. The zero-order valence-corrected chi connectivity index (χ0v) is 20.2. The molecule has 8 nitrogen and oxygen atoms in total. The molecule has 0 aliphatic heterocycles. The molecule has 3 aromatic rings. The van der Waals surface area contributed by atoms with Crippen molar-refractivity contribution in [3.63, 3.8) is 0 Å². The number of nitrogens with one attached hydrogen (secondary N) is 2. The van der Waals surface area contributed by atoms with Gasteiger partial charge in [0.1, 0.15) is 5.75 Å². The first-order chi connectivity index (χ1) is 16.7. The van der Waals surface area contributed by atoms with Gasteiger partial charge in [0.05, 0.1) is 16.1 Å². The largest absolute Gasteiger partial charge is 0.455 e. The molecule has 1 aliphatic carbocycles. The molecule has 0 radical (unpaired) electrons. The first kappa shape index (κ1) is 24.4. The van der Waals surface area contributed by atoms with Crippen LogP contribution in [0.2, 0.25) is 0 Å². The molecule has 2 N–H and O–H groups in total. The number of para-hydroxylation sites is 2. The fraction of sp³-hybridized carbons (Fsp3) is 0.231. The molecule has 0 spiro atoms. The maximum Gasteiger partial charge on any atom is 0.338 e. The van der Waals surface area contributed by atoms with Gasteiger partial charge in [0.15, 0.2) is 12.4 Å². The molecule has 1 aliphatic rings. The van der Waals surface area contributed by atoms with Crippen molar-refractivity contribution in [3.8, 4) is 11.5 Å². The highest BCUT2D eigenvalue weighted by Crippen LogP contribution is 2.29. The van der Waals surface area contributed by atoms with E-state index in [9.17, 15) is 18.0 Å². The molecule has 0 atom stereocenters. The van der Waals surface area contributed by atoms with Crippen LogP contribution in [0.15, 0.2) is 71.6 Å². The van der Waals surface area contributed by atoms with E-state index in [-0.39, 0.29) is 16.5 Å². The smallest absolute Gasteiger partial charge is 0.338 e. The van der Waals surface area contributed by atoms with Crippen LogP contribution in [-0.2, 0) is 19.6 Å². The third-order valence-corrected chi connectivity index (χ3v) is 6.90. The normalized spacial score (nSPS) is 13.2. The van der Waals surface area contributed by atoms with E-state index in [0.29, 0.717) is 22.7 Å². The van der Waals surface area contributed by atoms with Gasteiger partial charge in [-0.3, -0.25) is 4.79 Å². The number of hydrogen-bond donors (Lipinski definition) is 2. The second-order valence-corrected chi connectivity index (χ2v) is 10.1. The van der Waals surface area contributed by atoms with Gasteiger partial charge in [-0.15, -0.1) is 0 Å². The highest BCUT2D eigenvalue weighted by atomic mass is 32.2. The lowest BCUT2D eigenvalue weighted by molar-refractivity contribution is -0.119. The first-order valence-electron chi connectivity index (χ1n) is 11.1. The molecule has 0 aromatic heterocycles. The first-order valence-corrected chi connectivity index (χ1v) is 12.6. The minimum atomic E-state index is -3.73. The topological polar surface area (TPSA) is 111 Å². The molecule has 1 saturated carbocycles. The van der Waals surface area contributed by atoms with Crippen LogP contribution in [0.5, 0.6) is 11.5 Å². The highest BCUT2D eigenvalue weighted by Gasteiger charge is 2.28. The Kier molecular flexibility index (Phi) is 7.18. The summed E-state index contributed by atoms with van der Waals surface area (Å²) in [6.45, 7) is 3.09. The van der Waals surface area contributed by atoms with Crippen LogP contribution >= 0.6 is 0 Å². The molecule has 35 heavy (non-hydrogen) atoms. The predicted molar refractivity (Wildman–Crippen MR) is 131 cm³/mol. The number of ether oxygens (including phenoxy) is 2. The summed E-state index contributed by atoms with van der Waals surface area (Å²) in [4.78, 5) is 25.1. The van der Waals surface area contributed by atoms with E-state index in [1.807, 2.05) is 31.2 Å². The average molecular weight is 495 g/mol. The molecule has 9 heteroatoms. The van der Waals surface area contributed by atoms with Crippen molar-refractivity contribution >= 4 is 27.6 Å². The molecule has 4 rings (SSSR count). The minimum absolute atomic E-state index is 0.0198. The van der Waals surface area contributed by atoms with E-state index in [0.717, 1.165) is 18.4 Å². The Balaban J connectivity index is 1.39. The summed E-state index contributed by atoms with van der Waals surface area (Å²) in [6.07, 6.45) is 1.60. The molecule has 0 unspecified atom stereocenters. The van der Waals surface area contributed by atoms with Crippen LogP contribution in [-0.4, -0.2) is 32.9 Å². The summed E-state index contributed by atoms with van der Waals surface area (Å²) >= 11 is 0. The lowest BCUT2D eigenvalue weighted by Crippen LogP contribution is -2.26. The van der Waals surface area contributed by atoms with Gasteiger partial charge in [0.25, 0.3) is 5.91 Å². The molecule has 3 aromatic carbocycles. The minimum Gasteiger partial charge on any atom is -0.455 e. The predicted octanol–water partition coefficient (Wildman–Crippen LogP) is 4.33. The number of carbonyl (C=O) groups excluding carboxylic acids is 2. The van der Waals surface area contributed by atoms with Crippen LogP contribution in [0.4, 0.5) is 5.69 Å². The van der Waals surface area contributed by atoms with Crippen molar-refractivity contribution in [2.75, 3.05) is 11.9 Å². The van der Waals surface area contributed by atoms with Gasteiger partial charge in [-0.25, -0.2) is 17.9 Å². The Morgan fingerprint density at radius 3 is 2.40 bits per heavy atom. The van der Waals surface area contributed by atoms with E-state index in [1.54, 1.807) is 31.2 Å². The SMILES string of the molecule is Cc1ccc(Oc2ccccc2NC(=O)COC(=O)c2cc(S(=O)(=O)NC3CC3)ccc2C)cc1. The van der Waals surface area contributed by atoms with Crippen LogP contribution in [0.1, 0.15) is 34.3 Å². The summed E-state index contributed by atoms with van der Waals surface area (Å²) in [7, 11) is -3.73. The molecule has 1 amide bonds. The Labute approximate surface area is 204 Å². The Hall–Kier alpha value is -3.69. The zero-order valence-electron chi connectivity index (χ0n) is 19.4. The highest BCUT2D eigenvalue weighted by molar-refractivity contribution is 7.89. The van der Waals surface area contributed by atoms with E-state index in [4.69, 9.17) is 9.47 Å². The number of anilines is 1. The summed E-state index contributed by atoms with van der Waals surface area (Å²) in [5.41, 5.74) is 2.14. The number of rotatable bonds is 9. The molecule has 1 fully saturated rings. The lowest BCUT2D eigenvalue weighted by Gasteiger charge is -2.13. The Morgan fingerprint density at radius 1 is 0.971 bits per heavy atom. The third kappa shape index (κ3) is 6.46. The van der Waals surface area contributed by atoms with Gasteiger partial charge < -0.3 is 14.8 Å². The number of hydrogen-bond acceptors (Lipinski definition) is 6. The number of esters is 1. The fourth-order valence-electron chi connectivity index (χ4n) is 3.26. The Morgan fingerprint density at radius 2 is 1.69 bits per heavy atom. The van der Waals surface area contributed by atoms with E-state index in [1.165, 1.54) is 18.2 Å². The number of carbonyl (C=O) groups is 2. The quantitative estimate of drug-likeness (QED) is 0.429. The van der Waals surface area contributed by atoms with Crippen molar-refractivity contribution in [2.24, 2.45) is 0 Å². The molecular weight excluding hydrogens is 468 g/mol. The van der Waals surface area contributed by atoms with Gasteiger partial charge in [0.2, 0.25) is 10.0 Å². The van der Waals surface area contributed by atoms with Gasteiger partial charge in [-0.1, -0.05) is 35.9 Å². The second-order valence-electron chi connectivity index (χ2n) is 8.41. The van der Waals surface area contributed by atoms with Crippen molar-refractivity contribution < 1.29 is 27.5 Å². The second kappa shape index (κ2) is 10.3. The van der Waals surface area contributed by atoms with Gasteiger partial charge >= 0.3 is 5.97 Å². The van der Waals surface area contributed by atoms with Gasteiger partial charge in [0, 0.05) is 6.04 Å². The van der Waals surface area contributed by atoms with Crippen molar-refractivity contribution in [3.05, 3.63) is 83.4 Å². The number of benzene rings is 3. The molecular formula is C26H26N2O6S. The molecule has 0 heterocycles. The van der Waals surface area contributed by atoms with E-state index >= 15 is 0 Å². The van der Waals surface area contributed by atoms with Crippen molar-refractivity contribution in [1.29, 1.82) is 0 Å². The lowest BCUT2D eigenvalue weighted by atomic mass is 10.1. The van der Waals surface area contributed by atoms with E-state index < -0.39 is 28.5 Å². The maximum absolute atomic E-state index is 12.6. The van der Waals surface area contributed by atoms with Gasteiger partial charge in [-0.2, -0.15) is 0 Å². The van der Waals surface area contributed by atoms with Crippen LogP contribution in [0.25, 0.3) is 0 Å². The number of sulfonamides is 1. The average Bonchev–Trinajstić information content (AvgIpc) is 3.63. The number of amides is 1. The van der Waals surface area contributed by atoms with Crippen molar-refractivity contribution in [2.45, 2.75) is 37.6 Å². The van der Waals surface area contributed by atoms with Crippen LogP contribution in [0, 0.1) is 13.8 Å². The van der Waals surface area contributed by atoms with Crippen LogP contribution in [0.3, 0.4) is 0 Å². The summed E-state index contributed by atoms with van der Waals surface area (Å²) in [6, 6.07) is 18.6. The standard InChI is InChI=1S/C26H26N2O6S/c1-17-7-12-20(13-8-17)34-24-6-4-3-5-23(24)27-25(29)16-33-26(30)22-15-21(14-9-18(22)2)35(31,32)28-19-10-11-19/h3-9,12-15,19,28H,10-11,16H2,1-2H3,(H,27,29). The van der Waals surface area contributed by atoms with E-state index in [2.05, 4.69) is 10.0 Å². The zero-order chi connectivity index (χ0) is 25.0. The third-order valence-electron chi connectivity index (χ3n) is 5.38. The summed E-state index contributed by atoms with van der Waals surface area (Å²) < 4.78 is 38.6. The summed E-state index contributed by atoms with van der Waals surface area (Å²) in [5.74, 6) is -0.293. The summed E-state index contributed by atoms with van der Waals surface area (Å²) in [5, 5.41) is 2.68. The fourth-order valence-corrected chi connectivity index (χ4v) is 4.59. The van der Waals surface area contributed by atoms with Crippen molar-refractivity contribution in [1.82, 2.24) is 4.72 Å². The Bertz CT molecular complexity index is 1350. The monoisotopic (exact) mass is 494 g/mol.